The van der Waals surface area contributed by atoms with Crippen LogP contribution in [0.4, 0.5) is 0 Å². The first-order valence-corrected chi connectivity index (χ1v) is 7.33. The third-order valence-electron chi connectivity index (χ3n) is 3.18. The molecule has 2 unspecified atom stereocenters. The summed E-state index contributed by atoms with van der Waals surface area (Å²) in [6, 6.07) is 2.76. The highest BCUT2D eigenvalue weighted by molar-refractivity contribution is 9.10. The molecule has 1 saturated heterocycles. The highest BCUT2D eigenvalue weighted by Gasteiger charge is 2.21. The van der Waals surface area contributed by atoms with Crippen LogP contribution in [0.1, 0.15) is 23.1 Å². The molecule has 2 nitrogen and oxygen atoms in total. The molecule has 1 fully saturated rings. The molecule has 0 radical (unpaired) electrons. The normalized spacial score (nSPS) is 22.6. The van der Waals surface area contributed by atoms with Crippen LogP contribution in [0.3, 0.4) is 0 Å². The first kappa shape index (κ1) is 12.6. The number of ether oxygens (including phenoxy) is 1. The predicted octanol–water partition coefficient (Wildman–Crippen LogP) is 3.33. The van der Waals surface area contributed by atoms with E-state index < -0.39 is 0 Å². The molecule has 1 aliphatic heterocycles. The lowest BCUT2D eigenvalue weighted by Crippen LogP contribution is -2.33. The van der Waals surface area contributed by atoms with Gasteiger partial charge in [-0.15, -0.1) is 11.3 Å². The predicted molar refractivity (Wildman–Crippen MR) is 72.0 cm³/mol. The van der Waals surface area contributed by atoms with Crippen LogP contribution in [0.25, 0.3) is 0 Å². The SMILES string of the molecule is Cc1sc(CNC(C)C2CCOC2)cc1Br. The van der Waals surface area contributed by atoms with Gasteiger partial charge in [-0.05, 0) is 48.2 Å². The third kappa shape index (κ3) is 3.06. The van der Waals surface area contributed by atoms with Gasteiger partial charge < -0.3 is 10.1 Å². The number of nitrogens with one attached hydrogen (secondary N) is 1. The molecule has 4 heteroatoms. The summed E-state index contributed by atoms with van der Waals surface area (Å²) < 4.78 is 6.64. The first-order valence-electron chi connectivity index (χ1n) is 5.72. The molecule has 2 atom stereocenters. The number of hydrogen-bond donors (Lipinski definition) is 1. The van der Waals surface area contributed by atoms with Gasteiger partial charge >= 0.3 is 0 Å². The Morgan fingerprint density at radius 3 is 3.06 bits per heavy atom. The molecule has 0 aromatic carbocycles. The van der Waals surface area contributed by atoms with E-state index in [4.69, 9.17) is 4.74 Å². The first-order chi connectivity index (χ1) is 7.66. The lowest BCUT2D eigenvalue weighted by molar-refractivity contribution is 0.178. The van der Waals surface area contributed by atoms with Crippen molar-refractivity contribution in [2.24, 2.45) is 5.92 Å². The van der Waals surface area contributed by atoms with Crippen LogP contribution in [0.2, 0.25) is 0 Å². The molecule has 0 saturated carbocycles. The van der Waals surface area contributed by atoms with E-state index in [2.05, 4.69) is 41.2 Å². The minimum Gasteiger partial charge on any atom is -0.381 e. The molecule has 90 valence electrons. The Bertz CT molecular complexity index is 327. The summed E-state index contributed by atoms with van der Waals surface area (Å²) in [6.07, 6.45) is 1.20. The van der Waals surface area contributed by atoms with Crippen molar-refractivity contribution in [2.75, 3.05) is 13.2 Å². The fraction of sp³-hybridized carbons (Fsp3) is 0.667. The van der Waals surface area contributed by atoms with E-state index >= 15 is 0 Å². The van der Waals surface area contributed by atoms with Crippen molar-refractivity contribution in [3.63, 3.8) is 0 Å². The zero-order chi connectivity index (χ0) is 11.5. The van der Waals surface area contributed by atoms with E-state index in [1.54, 1.807) is 0 Å². The van der Waals surface area contributed by atoms with Crippen LogP contribution in [0.15, 0.2) is 10.5 Å². The number of halogens is 1. The van der Waals surface area contributed by atoms with Crippen molar-refractivity contribution in [2.45, 2.75) is 32.9 Å². The largest absolute Gasteiger partial charge is 0.381 e. The molecule has 16 heavy (non-hydrogen) atoms. The van der Waals surface area contributed by atoms with E-state index in [1.807, 2.05) is 11.3 Å². The second-order valence-electron chi connectivity index (χ2n) is 4.41. The number of thiophene rings is 1. The molecule has 1 N–H and O–H groups in total. The van der Waals surface area contributed by atoms with Crippen LogP contribution < -0.4 is 5.32 Å². The maximum Gasteiger partial charge on any atom is 0.0509 e. The maximum absolute atomic E-state index is 5.41. The average molecular weight is 304 g/mol. The Morgan fingerprint density at radius 2 is 2.50 bits per heavy atom. The van der Waals surface area contributed by atoms with Gasteiger partial charge in [0.05, 0.1) is 6.61 Å². The summed E-state index contributed by atoms with van der Waals surface area (Å²) >= 11 is 5.41. The van der Waals surface area contributed by atoms with Gasteiger partial charge in [-0.3, -0.25) is 0 Å². The van der Waals surface area contributed by atoms with Gasteiger partial charge in [0, 0.05) is 33.4 Å². The Balaban J connectivity index is 1.82. The summed E-state index contributed by atoms with van der Waals surface area (Å²) in [7, 11) is 0. The molecule has 0 amide bonds. The Kier molecular flexibility index (Phi) is 4.41. The van der Waals surface area contributed by atoms with Crippen LogP contribution in [-0.4, -0.2) is 19.3 Å². The van der Waals surface area contributed by atoms with Crippen molar-refractivity contribution in [3.8, 4) is 0 Å². The Labute approximate surface area is 110 Å². The molecular formula is C12H18BrNOS. The van der Waals surface area contributed by atoms with Crippen LogP contribution in [0, 0.1) is 12.8 Å². The van der Waals surface area contributed by atoms with Crippen molar-refractivity contribution >= 4 is 27.3 Å². The van der Waals surface area contributed by atoms with E-state index in [0.29, 0.717) is 12.0 Å². The van der Waals surface area contributed by atoms with Crippen molar-refractivity contribution in [1.82, 2.24) is 5.32 Å². The van der Waals surface area contributed by atoms with Crippen molar-refractivity contribution in [1.29, 1.82) is 0 Å². The summed E-state index contributed by atoms with van der Waals surface area (Å²) in [6.45, 7) is 7.22. The second kappa shape index (κ2) is 5.63. The molecule has 2 rings (SSSR count). The van der Waals surface area contributed by atoms with Gasteiger partial charge in [0.2, 0.25) is 0 Å². The number of rotatable bonds is 4. The Hall–Kier alpha value is 0.100. The van der Waals surface area contributed by atoms with Gasteiger partial charge in [0.15, 0.2) is 0 Å². The third-order valence-corrected chi connectivity index (χ3v) is 5.32. The summed E-state index contributed by atoms with van der Waals surface area (Å²) in [4.78, 5) is 2.75. The zero-order valence-corrected chi connectivity index (χ0v) is 12.2. The molecule has 2 heterocycles. The van der Waals surface area contributed by atoms with Gasteiger partial charge in [-0.2, -0.15) is 0 Å². The standard InChI is InChI=1S/C12H18BrNOS/c1-8(10-3-4-15-7-10)14-6-11-5-12(13)9(2)16-11/h5,8,10,14H,3-4,6-7H2,1-2H3. The van der Waals surface area contributed by atoms with Crippen LogP contribution in [-0.2, 0) is 11.3 Å². The van der Waals surface area contributed by atoms with Gasteiger partial charge in [0.25, 0.3) is 0 Å². The fourth-order valence-corrected chi connectivity index (χ4v) is 3.53. The monoisotopic (exact) mass is 303 g/mol. The number of hydrogen-bond acceptors (Lipinski definition) is 3. The average Bonchev–Trinajstić information content (AvgIpc) is 2.86. The smallest absolute Gasteiger partial charge is 0.0509 e. The molecule has 0 spiro atoms. The highest BCUT2D eigenvalue weighted by Crippen LogP contribution is 2.26. The topological polar surface area (TPSA) is 21.3 Å². The second-order valence-corrected chi connectivity index (χ2v) is 6.61. The molecular weight excluding hydrogens is 286 g/mol. The quantitative estimate of drug-likeness (QED) is 0.921. The molecule has 0 aliphatic carbocycles. The molecule has 0 bridgehead atoms. The van der Waals surface area contributed by atoms with Gasteiger partial charge in [-0.25, -0.2) is 0 Å². The highest BCUT2D eigenvalue weighted by atomic mass is 79.9. The molecule has 1 aromatic rings. The summed E-state index contributed by atoms with van der Waals surface area (Å²) in [5, 5.41) is 3.59. The summed E-state index contributed by atoms with van der Waals surface area (Å²) in [5.41, 5.74) is 0. The van der Waals surface area contributed by atoms with Crippen molar-refractivity contribution < 1.29 is 4.74 Å². The van der Waals surface area contributed by atoms with Gasteiger partial charge in [0.1, 0.15) is 0 Å². The fourth-order valence-electron chi connectivity index (χ4n) is 1.98. The van der Waals surface area contributed by atoms with Crippen LogP contribution >= 0.6 is 27.3 Å². The lowest BCUT2D eigenvalue weighted by Gasteiger charge is -2.18. The molecule has 1 aromatic heterocycles. The van der Waals surface area contributed by atoms with E-state index in [-0.39, 0.29) is 0 Å². The van der Waals surface area contributed by atoms with E-state index in [1.165, 1.54) is 20.6 Å². The lowest BCUT2D eigenvalue weighted by atomic mass is 10.0. The van der Waals surface area contributed by atoms with E-state index in [9.17, 15) is 0 Å². The minimum absolute atomic E-state index is 0.545. The van der Waals surface area contributed by atoms with Crippen molar-refractivity contribution in [3.05, 3.63) is 20.3 Å². The minimum atomic E-state index is 0.545. The van der Waals surface area contributed by atoms with E-state index in [0.717, 1.165) is 19.8 Å². The summed E-state index contributed by atoms with van der Waals surface area (Å²) in [5.74, 6) is 0.685. The maximum atomic E-state index is 5.41. The zero-order valence-electron chi connectivity index (χ0n) is 9.75. The van der Waals surface area contributed by atoms with Crippen LogP contribution in [0.5, 0.6) is 0 Å². The van der Waals surface area contributed by atoms with Gasteiger partial charge in [-0.1, -0.05) is 0 Å². The Morgan fingerprint density at radius 1 is 1.69 bits per heavy atom. The molecule has 1 aliphatic rings. The number of aryl methyl sites for hydroxylation is 1.